The second-order valence-corrected chi connectivity index (χ2v) is 9.48. The second-order valence-electron chi connectivity index (χ2n) is 7.54. The van der Waals surface area contributed by atoms with Gasteiger partial charge in [-0.05, 0) is 37.4 Å². The molecular weight excluding hydrogens is 436 g/mol. The van der Waals surface area contributed by atoms with E-state index in [0.29, 0.717) is 37.7 Å². The maximum Gasteiger partial charge on any atom is 0.283 e. The Bertz CT molecular complexity index is 1110. The summed E-state index contributed by atoms with van der Waals surface area (Å²) in [5.74, 6) is -0.258. The molecule has 4 rings (SSSR count). The van der Waals surface area contributed by atoms with E-state index in [-0.39, 0.29) is 17.1 Å². The van der Waals surface area contributed by atoms with Crippen LogP contribution in [0.4, 0.5) is 0 Å². The molecule has 0 radical (unpaired) electrons. The van der Waals surface area contributed by atoms with Crippen molar-refractivity contribution in [1.29, 1.82) is 0 Å². The van der Waals surface area contributed by atoms with Crippen LogP contribution >= 0.6 is 0 Å². The van der Waals surface area contributed by atoms with E-state index in [0.717, 1.165) is 0 Å². The molecule has 0 saturated carbocycles. The Balaban J connectivity index is 1.37. The highest BCUT2D eigenvalue weighted by atomic mass is 32.2. The van der Waals surface area contributed by atoms with Gasteiger partial charge in [0.2, 0.25) is 16.1 Å². The average Bonchev–Trinajstić information content (AvgIpc) is 2.82. The Hall–Kier alpha value is -3.15. The molecule has 1 saturated heterocycles. The van der Waals surface area contributed by atoms with E-state index >= 15 is 0 Å². The van der Waals surface area contributed by atoms with Crippen molar-refractivity contribution in [3.8, 4) is 11.5 Å². The van der Waals surface area contributed by atoms with Crippen molar-refractivity contribution in [3.63, 3.8) is 0 Å². The number of fused-ring (bicyclic) bond motifs is 1. The minimum absolute atomic E-state index is 0.00251. The number of hydrazine groups is 1. The van der Waals surface area contributed by atoms with E-state index in [1.165, 1.54) is 28.6 Å². The first-order chi connectivity index (χ1) is 15.3. The van der Waals surface area contributed by atoms with Gasteiger partial charge in [0, 0.05) is 31.7 Å². The fourth-order valence-electron chi connectivity index (χ4n) is 3.40. The molecule has 0 aromatic heterocycles. The molecule has 10 nitrogen and oxygen atoms in total. The van der Waals surface area contributed by atoms with Crippen LogP contribution in [-0.4, -0.2) is 75.4 Å². The summed E-state index contributed by atoms with van der Waals surface area (Å²) in [7, 11) is -1.78. The standard InChI is InChI=1S/C21H24N4O6S/c1-24-9-11-25(12-10-24)32(28,29)16-6-4-5-15(13-16)20(26)22-23-21(27)19-14-30-17-7-2-3-8-18(17)31-19/h2-8,13,19H,9-12,14H2,1H3,(H,22,26)(H,23,27). The lowest BCUT2D eigenvalue weighted by molar-refractivity contribution is -0.131. The first kappa shape index (κ1) is 22.1. The normalized spacial score (nSPS) is 19.2. The zero-order chi connectivity index (χ0) is 22.7. The number of para-hydroxylation sites is 2. The molecule has 170 valence electrons. The third-order valence-electron chi connectivity index (χ3n) is 5.30. The molecule has 2 aromatic rings. The van der Waals surface area contributed by atoms with Crippen LogP contribution in [0.3, 0.4) is 0 Å². The van der Waals surface area contributed by atoms with Gasteiger partial charge in [-0.1, -0.05) is 18.2 Å². The van der Waals surface area contributed by atoms with Crippen LogP contribution in [0.2, 0.25) is 0 Å². The minimum Gasteiger partial charge on any atom is -0.485 e. The van der Waals surface area contributed by atoms with Gasteiger partial charge in [-0.3, -0.25) is 20.4 Å². The van der Waals surface area contributed by atoms with Gasteiger partial charge in [0.1, 0.15) is 6.61 Å². The summed E-state index contributed by atoms with van der Waals surface area (Å²) in [6.07, 6.45) is -0.936. The SMILES string of the molecule is CN1CCN(S(=O)(=O)c2cccc(C(=O)NNC(=O)C3COc4ccccc4O3)c2)CC1. The lowest BCUT2D eigenvalue weighted by Gasteiger charge is -2.31. The zero-order valence-electron chi connectivity index (χ0n) is 17.5. The van der Waals surface area contributed by atoms with Crippen molar-refractivity contribution < 1.29 is 27.5 Å². The number of rotatable bonds is 4. The van der Waals surface area contributed by atoms with Crippen LogP contribution in [0.5, 0.6) is 11.5 Å². The average molecular weight is 461 g/mol. The number of carbonyl (C=O) groups is 2. The molecule has 2 N–H and O–H groups in total. The fourth-order valence-corrected chi connectivity index (χ4v) is 4.86. The number of sulfonamides is 1. The van der Waals surface area contributed by atoms with E-state index in [4.69, 9.17) is 9.47 Å². The molecule has 11 heteroatoms. The van der Waals surface area contributed by atoms with E-state index in [1.807, 2.05) is 7.05 Å². The predicted molar refractivity (Wildman–Crippen MR) is 115 cm³/mol. The number of carbonyl (C=O) groups excluding carboxylic acids is 2. The summed E-state index contributed by atoms with van der Waals surface area (Å²) in [5.41, 5.74) is 4.70. The highest BCUT2D eigenvalue weighted by molar-refractivity contribution is 7.89. The van der Waals surface area contributed by atoms with Gasteiger partial charge in [-0.2, -0.15) is 4.31 Å². The van der Waals surface area contributed by atoms with E-state index in [2.05, 4.69) is 15.8 Å². The van der Waals surface area contributed by atoms with Gasteiger partial charge in [-0.15, -0.1) is 0 Å². The van der Waals surface area contributed by atoms with Gasteiger partial charge in [0.15, 0.2) is 11.5 Å². The van der Waals surface area contributed by atoms with Crippen LogP contribution in [0.25, 0.3) is 0 Å². The van der Waals surface area contributed by atoms with Crippen molar-refractivity contribution in [2.45, 2.75) is 11.0 Å². The Morgan fingerprint density at radius 1 is 0.969 bits per heavy atom. The highest BCUT2D eigenvalue weighted by Crippen LogP contribution is 2.30. The number of piperazine rings is 1. The van der Waals surface area contributed by atoms with Crippen LogP contribution in [-0.2, 0) is 14.8 Å². The zero-order valence-corrected chi connectivity index (χ0v) is 18.3. The summed E-state index contributed by atoms with van der Waals surface area (Å²) in [4.78, 5) is 27.0. The quantitative estimate of drug-likeness (QED) is 0.627. The molecule has 2 heterocycles. The lowest BCUT2D eigenvalue weighted by Crippen LogP contribution is -2.50. The topological polar surface area (TPSA) is 117 Å². The number of hydrogen-bond donors (Lipinski definition) is 2. The minimum atomic E-state index is -3.72. The van der Waals surface area contributed by atoms with Crippen molar-refractivity contribution in [1.82, 2.24) is 20.1 Å². The van der Waals surface area contributed by atoms with E-state index < -0.39 is 27.9 Å². The van der Waals surface area contributed by atoms with Gasteiger partial charge in [0.05, 0.1) is 4.90 Å². The third kappa shape index (κ3) is 4.69. The van der Waals surface area contributed by atoms with E-state index in [9.17, 15) is 18.0 Å². The summed E-state index contributed by atoms with van der Waals surface area (Å²) in [6, 6.07) is 12.7. The van der Waals surface area contributed by atoms with Crippen molar-refractivity contribution in [2.75, 3.05) is 39.8 Å². The fraction of sp³-hybridized carbons (Fsp3) is 0.333. The number of nitrogens with one attached hydrogen (secondary N) is 2. The van der Waals surface area contributed by atoms with Crippen molar-refractivity contribution in [2.24, 2.45) is 0 Å². The molecule has 0 aliphatic carbocycles. The molecule has 2 amide bonds. The molecule has 2 aliphatic rings. The summed E-state index contributed by atoms with van der Waals surface area (Å²) >= 11 is 0. The van der Waals surface area contributed by atoms with Crippen LogP contribution in [0, 0.1) is 0 Å². The monoisotopic (exact) mass is 460 g/mol. The van der Waals surface area contributed by atoms with Gasteiger partial charge >= 0.3 is 0 Å². The summed E-state index contributed by atoms with van der Waals surface area (Å²) in [6.45, 7) is 2.05. The molecule has 1 fully saturated rings. The maximum absolute atomic E-state index is 12.9. The number of benzene rings is 2. The first-order valence-electron chi connectivity index (χ1n) is 10.1. The number of ether oxygens (including phenoxy) is 2. The van der Waals surface area contributed by atoms with Gasteiger partial charge < -0.3 is 14.4 Å². The molecule has 0 spiro atoms. The van der Waals surface area contributed by atoms with E-state index in [1.54, 1.807) is 24.3 Å². The Morgan fingerprint density at radius 2 is 1.69 bits per heavy atom. The Kier molecular flexibility index (Phi) is 6.31. The third-order valence-corrected chi connectivity index (χ3v) is 7.19. The largest absolute Gasteiger partial charge is 0.485 e. The molecule has 2 aromatic carbocycles. The summed E-state index contributed by atoms with van der Waals surface area (Å²) in [5, 5.41) is 0. The number of likely N-dealkylation sites (N-methyl/N-ethyl adjacent to an activating group) is 1. The van der Waals surface area contributed by atoms with Crippen molar-refractivity contribution in [3.05, 3.63) is 54.1 Å². The van der Waals surface area contributed by atoms with Crippen LogP contribution < -0.4 is 20.3 Å². The predicted octanol–water partition coefficient (Wildman–Crippen LogP) is 0.224. The Morgan fingerprint density at radius 3 is 2.44 bits per heavy atom. The second kappa shape index (κ2) is 9.15. The maximum atomic E-state index is 12.9. The smallest absolute Gasteiger partial charge is 0.283 e. The molecule has 0 bridgehead atoms. The van der Waals surface area contributed by atoms with Crippen molar-refractivity contribution >= 4 is 21.8 Å². The van der Waals surface area contributed by atoms with Crippen LogP contribution in [0.1, 0.15) is 10.4 Å². The number of amides is 2. The van der Waals surface area contributed by atoms with Gasteiger partial charge in [0.25, 0.3) is 11.8 Å². The lowest BCUT2D eigenvalue weighted by atomic mass is 10.2. The number of hydrogen-bond acceptors (Lipinski definition) is 7. The molecule has 1 unspecified atom stereocenters. The Labute approximate surface area is 186 Å². The molecule has 1 atom stereocenters. The molecular formula is C21H24N4O6S. The van der Waals surface area contributed by atoms with Gasteiger partial charge in [-0.25, -0.2) is 8.42 Å². The highest BCUT2D eigenvalue weighted by Gasteiger charge is 2.29. The number of nitrogens with zero attached hydrogens (tertiary/aromatic N) is 2. The molecule has 2 aliphatic heterocycles. The summed E-state index contributed by atoms with van der Waals surface area (Å²) < 4.78 is 38.3. The van der Waals surface area contributed by atoms with Crippen LogP contribution in [0.15, 0.2) is 53.4 Å². The molecule has 32 heavy (non-hydrogen) atoms. The first-order valence-corrected chi connectivity index (χ1v) is 11.6.